The Kier molecular flexibility index (Phi) is 4.61. The average Bonchev–Trinajstić information content (AvgIpc) is 2.97. The number of benzene rings is 1. The van der Waals surface area contributed by atoms with Crippen molar-refractivity contribution in [3.63, 3.8) is 0 Å². The number of para-hydroxylation sites is 1. The van der Waals surface area contributed by atoms with E-state index >= 15 is 0 Å². The van der Waals surface area contributed by atoms with Gasteiger partial charge in [-0.05, 0) is 6.07 Å². The van der Waals surface area contributed by atoms with Crippen molar-refractivity contribution in [2.45, 2.75) is 18.1 Å². The summed E-state index contributed by atoms with van der Waals surface area (Å²) in [5.41, 5.74) is 6.76. The van der Waals surface area contributed by atoms with E-state index in [9.17, 15) is 8.42 Å². The molecule has 0 fully saturated rings. The van der Waals surface area contributed by atoms with Crippen molar-refractivity contribution < 1.29 is 13.2 Å². The Bertz CT molecular complexity index is 712. The van der Waals surface area contributed by atoms with Crippen LogP contribution in [0.4, 0.5) is 0 Å². The fourth-order valence-electron chi connectivity index (χ4n) is 1.98. The number of aromatic amines is 1. The first-order chi connectivity index (χ1) is 10.0. The van der Waals surface area contributed by atoms with Gasteiger partial charge in [-0.2, -0.15) is 9.40 Å². The Hall–Kier alpha value is -1.90. The van der Waals surface area contributed by atoms with Crippen molar-refractivity contribution in [1.82, 2.24) is 14.5 Å². The lowest BCUT2D eigenvalue weighted by molar-refractivity contribution is 0.397. The molecule has 0 unspecified atom stereocenters. The Labute approximate surface area is 123 Å². The van der Waals surface area contributed by atoms with Gasteiger partial charge in [0.25, 0.3) is 10.0 Å². The van der Waals surface area contributed by atoms with Crippen LogP contribution in [0.25, 0.3) is 0 Å². The number of hydrogen-bond donors (Lipinski definition) is 2. The summed E-state index contributed by atoms with van der Waals surface area (Å²) in [5.74, 6) is 0.642. The number of methoxy groups -OCH3 is 1. The minimum absolute atomic E-state index is 0.0300. The van der Waals surface area contributed by atoms with Crippen LogP contribution in [-0.4, -0.2) is 37.1 Å². The zero-order valence-corrected chi connectivity index (χ0v) is 12.7. The van der Waals surface area contributed by atoms with Crippen LogP contribution in [0.2, 0.25) is 0 Å². The number of rotatable bonds is 6. The third-order valence-electron chi connectivity index (χ3n) is 3.15. The smallest absolute Gasteiger partial charge is 0.260 e. The number of ether oxygens (including phenoxy) is 1. The van der Waals surface area contributed by atoms with Crippen LogP contribution in [-0.2, 0) is 23.1 Å². The second-order valence-electron chi connectivity index (χ2n) is 4.50. The van der Waals surface area contributed by atoms with Gasteiger partial charge in [-0.15, -0.1) is 0 Å². The number of hydrogen-bond acceptors (Lipinski definition) is 5. The molecule has 0 aliphatic rings. The van der Waals surface area contributed by atoms with E-state index in [1.165, 1.54) is 17.5 Å². The molecule has 3 N–H and O–H groups in total. The third-order valence-corrected chi connectivity index (χ3v) is 4.97. The van der Waals surface area contributed by atoms with E-state index in [1.807, 2.05) is 18.2 Å². The van der Waals surface area contributed by atoms with E-state index < -0.39 is 10.0 Å². The van der Waals surface area contributed by atoms with Gasteiger partial charge in [0.05, 0.1) is 13.3 Å². The summed E-state index contributed by atoms with van der Waals surface area (Å²) < 4.78 is 31.5. The number of aromatic nitrogens is 2. The third kappa shape index (κ3) is 3.07. The van der Waals surface area contributed by atoms with Crippen molar-refractivity contribution in [2.24, 2.45) is 5.73 Å². The zero-order valence-electron chi connectivity index (χ0n) is 11.9. The molecule has 1 aromatic carbocycles. The first-order valence-electron chi connectivity index (χ1n) is 6.31. The first-order valence-corrected chi connectivity index (χ1v) is 7.75. The first kappa shape index (κ1) is 15.5. The summed E-state index contributed by atoms with van der Waals surface area (Å²) in [6.07, 6.45) is 1.42. The van der Waals surface area contributed by atoms with Crippen LogP contribution >= 0.6 is 0 Å². The maximum atomic E-state index is 12.5. The molecule has 0 radical (unpaired) electrons. The Morgan fingerprint density at radius 3 is 2.71 bits per heavy atom. The summed E-state index contributed by atoms with van der Waals surface area (Å²) in [6.45, 7) is 0.295. The van der Waals surface area contributed by atoms with E-state index in [4.69, 9.17) is 10.5 Å². The van der Waals surface area contributed by atoms with Gasteiger partial charge in [0.1, 0.15) is 5.75 Å². The quantitative estimate of drug-likeness (QED) is 0.817. The van der Waals surface area contributed by atoms with Gasteiger partial charge in [0.15, 0.2) is 5.03 Å². The second kappa shape index (κ2) is 6.25. The largest absolute Gasteiger partial charge is 0.496 e. The Morgan fingerprint density at radius 2 is 2.05 bits per heavy atom. The summed E-state index contributed by atoms with van der Waals surface area (Å²) >= 11 is 0. The van der Waals surface area contributed by atoms with Crippen molar-refractivity contribution in [3.8, 4) is 5.75 Å². The highest BCUT2D eigenvalue weighted by atomic mass is 32.2. The fourth-order valence-corrected chi connectivity index (χ4v) is 3.24. The molecule has 2 rings (SSSR count). The molecule has 0 spiro atoms. The topological polar surface area (TPSA) is 101 Å². The van der Waals surface area contributed by atoms with E-state index in [0.717, 1.165) is 5.56 Å². The lowest BCUT2D eigenvalue weighted by Gasteiger charge is -2.18. The summed E-state index contributed by atoms with van der Waals surface area (Å²) in [5, 5.41) is 6.28. The SMILES string of the molecule is COc1ccccc1CN(C)S(=O)(=O)c1[nH]ncc1CN. The normalized spacial score (nSPS) is 11.8. The summed E-state index contributed by atoms with van der Waals surface area (Å²) in [6, 6.07) is 7.27. The number of nitrogens with zero attached hydrogens (tertiary/aromatic N) is 2. The van der Waals surface area contributed by atoms with Crippen LogP contribution in [0.3, 0.4) is 0 Å². The van der Waals surface area contributed by atoms with Crippen LogP contribution in [0, 0.1) is 0 Å². The lowest BCUT2D eigenvalue weighted by atomic mass is 10.2. The molecule has 114 valence electrons. The zero-order chi connectivity index (χ0) is 15.5. The second-order valence-corrected chi connectivity index (χ2v) is 6.48. The maximum absolute atomic E-state index is 12.5. The van der Waals surface area contributed by atoms with Crippen molar-refractivity contribution in [2.75, 3.05) is 14.2 Å². The molecule has 0 saturated carbocycles. The predicted octanol–water partition coefficient (Wildman–Crippen LogP) is 0.698. The number of nitrogens with one attached hydrogen (secondary N) is 1. The van der Waals surface area contributed by atoms with Gasteiger partial charge in [-0.25, -0.2) is 8.42 Å². The molecular formula is C13H18N4O3S. The standard InChI is InChI=1S/C13H18N4O3S/c1-17(9-10-5-3-4-6-12(10)20-2)21(18,19)13-11(7-14)8-15-16-13/h3-6,8H,7,9,14H2,1-2H3,(H,15,16). The summed E-state index contributed by atoms with van der Waals surface area (Å²) in [4.78, 5) is 0. The molecule has 1 heterocycles. The van der Waals surface area contributed by atoms with Gasteiger partial charge >= 0.3 is 0 Å². The molecule has 21 heavy (non-hydrogen) atoms. The van der Waals surface area contributed by atoms with Crippen LogP contribution in [0.5, 0.6) is 5.75 Å². The minimum atomic E-state index is -3.68. The maximum Gasteiger partial charge on any atom is 0.260 e. The highest BCUT2D eigenvalue weighted by Crippen LogP contribution is 2.22. The van der Waals surface area contributed by atoms with E-state index in [1.54, 1.807) is 13.2 Å². The van der Waals surface area contributed by atoms with E-state index in [-0.39, 0.29) is 18.1 Å². The van der Waals surface area contributed by atoms with Crippen molar-refractivity contribution in [1.29, 1.82) is 0 Å². The highest BCUT2D eigenvalue weighted by Gasteiger charge is 2.26. The molecule has 0 aliphatic heterocycles. The predicted molar refractivity (Wildman–Crippen MR) is 78.1 cm³/mol. The molecule has 0 saturated heterocycles. The summed E-state index contributed by atoms with van der Waals surface area (Å²) in [7, 11) is -0.629. The van der Waals surface area contributed by atoms with Crippen LogP contribution in [0.15, 0.2) is 35.5 Å². The monoisotopic (exact) mass is 310 g/mol. The average molecular weight is 310 g/mol. The lowest BCUT2D eigenvalue weighted by Crippen LogP contribution is -2.28. The fraction of sp³-hybridized carbons (Fsp3) is 0.308. The van der Waals surface area contributed by atoms with E-state index in [2.05, 4.69) is 10.2 Å². The van der Waals surface area contributed by atoms with Crippen LogP contribution in [0.1, 0.15) is 11.1 Å². The molecule has 0 atom stereocenters. The van der Waals surface area contributed by atoms with Gasteiger partial charge in [-0.3, -0.25) is 5.10 Å². The number of H-pyrrole nitrogens is 1. The van der Waals surface area contributed by atoms with E-state index in [0.29, 0.717) is 11.3 Å². The minimum Gasteiger partial charge on any atom is -0.496 e. The van der Waals surface area contributed by atoms with Gasteiger partial charge in [-0.1, -0.05) is 18.2 Å². The molecule has 0 bridgehead atoms. The number of nitrogens with two attached hydrogens (primary N) is 1. The molecule has 8 heteroatoms. The number of sulfonamides is 1. The molecule has 1 aromatic heterocycles. The van der Waals surface area contributed by atoms with Gasteiger partial charge < -0.3 is 10.5 Å². The van der Waals surface area contributed by atoms with Crippen molar-refractivity contribution in [3.05, 3.63) is 41.6 Å². The molecule has 2 aromatic rings. The molecule has 0 amide bonds. The Balaban J connectivity index is 2.29. The molecular weight excluding hydrogens is 292 g/mol. The van der Waals surface area contributed by atoms with Gasteiger partial charge in [0.2, 0.25) is 0 Å². The van der Waals surface area contributed by atoms with Crippen LogP contribution < -0.4 is 10.5 Å². The van der Waals surface area contributed by atoms with Gasteiger partial charge in [0, 0.05) is 31.3 Å². The molecule has 7 nitrogen and oxygen atoms in total. The highest BCUT2D eigenvalue weighted by molar-refractivity contribution is 7.89. The molecule has 0 aliphatic carbocycles. The van der Waals surface area contributed by atoms with Crippen molar-refractivity contribution >= 4 is 10.0 Å². The Morgan fingerprint density at radius 1 is 1.33 bits per heavy atom.